The molecule has 1 saturated heterocycles. The molecule has 4 nitrogen and oxygen atoms in total. The topological polar surface area (TPSA) is 44.7 Å². The normalized spacial score (nSPS) is 21.1. The van der Waals surface area contributed by atoms with Gasteiger partial charge in [0.1, 0.15) is 5.75 Å². The monoisotopic (exact) mass is 278 g/mol. The minimum Gasteiger partial charge on any atom is -0.497 e. The summed E-state index contributed by atoms with van der Waals surface area (Å²) in [5.74, 6) is 1.50. The van der Waals surface area contributed by atoms with E-state index in [1.807, 2.05) is 24.3 Å². The van der Waals surface area contributed by atoms with E-state index in [2.05, 4.69) is 17.1 Å². The van der Waals surface area contributed by atoms with Crippen molar-refractivity contribution in [2.45, 2.75) is 19.4 Å². The highest BCUT2D eigenvalue weighted by molar-refractivity contribution is 5.29. The number of ether oxygens (including phenoxy) is 1. The first-order valence-electron chi connectivity index (χ1n) is 7.48. The molecule has 0 amide bonds. The van der Waals surface area contributed by atoms with Crippen molar-refractivity contribution in [3.8, 4) is 5.75 Å². The van der Waals surface area contributed by atoms with Crippen LogP contribution in [0.5, 0.6) is 5.75 Å². The molecule has 0 aliphatic carbocycles. The first kappa shape index (κ1) is 15.3. The SMILES string of the molecule is CCN1CCC(CNCC(O)c2cccc(OC)c2)C1. The molecule has 0 saturated carbocycles. The number of likely N-dealkylation sites (tertiary alicyclic amines) is 1. The molecule has 20 heavy (non-hydrogen) atoms. The molecule has 112 valence electrons. The molecule has 1 aliphatic rings. The first-order chi connectivity index (χ1) is 9.72. The molecular formula is C16H26N2O2. The number of hydrogen-bond acceptors (Lipinski definition) is 4. The summed E-state index contributed by atoms with van der Waals surface area (Å²) in [6, 6.07) is 7.62. The molecule has 4 heteroatoms. The zero-order valence-corrected chi connectivity index (χ0v) is 12.5. The van der Waals surface area contributed by atoms with E-state index in [4.69, 9.17) is 4.74 Å². The van der Waals surface area contributed by atoms with Crippen LogP contribution < -0.4 is 10.1 Å². The average molecular weight is 278 g/mol. The van der Waals surface area contributed by atoms with Gasteiger partial charge in [0.2, 0.25) is 0 Å². The van der Waals surface area contributed by atoms with E-state index in [0.29, 0.717) is 12.5 Å². The fourth-order valence-corrected chi connectivity index (χ4v) is 2.76. The lowest BCUT2D eigenvalue weighted by molar-refractivity contribution is 0.172. The van der Waals surface area contributed by atoms with Gasteiger partial charge < -0.3 is 20.1 Å². The predicted octanol–water partition coefficient (Wildman–Crippen LogP) is 1.66. The lowest BCUT2D eigenvalue weighted by atomic mass is 10.1. The summed E-state index contributed by atoms with van der Waals surface area (Å²) in [7, 11) is 1.64. The maximum absolute atomic E-state index is 10.2. The second-order valence-corrected chi connectivity index (χ2v) is 5.50. The Kier molecular flexibility index (Phi) is 5.83. The van der Waals surface area contributed by atoms with Gasteiger partial charge in [-0.3, -0.25) is 0 Å². The summed E-state index contributed by atoms with van der Waals surface area (Å²) in [6.45, 7) is 7.32. The Morgan fingerprint density at radius 3 is 3.05 bits per heavy atom. The molecule has 0 aromatic heterocycles. The molecular weight excluding hydrogens is 252 g/mol. The Labute approximate surface area is 121 Å². The van der Waals surface area contributed by atoms with Crippen LogP contribution >= 0.6 is 0 Å². The van der Waals surface area contributed by atoms with Crippen molar-refractivity contribution >= 4 is 0 Å². The van der Waals surface area contributed by atoms with E-state index in [1.165, 1.54) is 19.5 Å². The third kappa shape index (κ3) is 4.20. The number of benzene rings is 1. The molecule has 0 radical (unpaired) electrons. The lowest BCUT2D eigenvalue weighted by Gasteiger charge is -2.16. The highest BCUT2D eigenvalue weighted by atomic mass is 16.5. The van der Waals surface area contributed by atoms with Crippen molar-refractivity contribution in [2.75, 3.05) is 39.8 Å². The van der Waals surface area contributed by atoms with E-state index in [0.717, 1.165) is 24.4 Å². The Morgan fingerprint density at radius 2 is 2.35 bits per heavy atom. The van der Waals surface area contributed by atoms with Gasteiger partial charge in [0.25, 0.3) is 0 Å². The van der Waals surface area contributed by atoms with Crippen molar-refractivity contribution < 1.29 is 9.84 Å². The highest BCUT2D eigenvalue weighted by Crippen LogP contribution is 2.19. The Hall–Kier alpha value is -1.10. The molecule has 2 unspecified atom stereocenters. The van der Waals surface area contributed by atoms with Crippen molar-refractivity contribution in [3.05, 3.63) is 29.8 Å². The average Bonchev–Trinajstić information content (AvgIpc) is 2.95. The maximum atomic E-state index is 10.2. The number of methoxy groups -OCH3 is 1. The number of hydrogen-bond donors (Lipinski definition) is 2. The van der Waals surface area contributed by atoms with E-state index < -0.39 is 6.10 Å². The Morgan fingerprint density at radius 1 is 1.50 bits per heavy atom. The van der Waals surface area contributed by atoms with Gasteiger partial charge in [-0.15, -0.1) is 0 Å². The van der Waals surface area contributed by atoms with Crippen LogP contribution in [-0.2, 0) is 0 Å². The van der Waals surface area contributed by atoms with E-state index in [1.54, 1.807) is 7.11 Å². The van der Waals surface area contributed by atoms with Crippen molar-refractivity contribution in [1.82, 2.24) is 10.2 Å². The van der Waals surface area contributed by atoms with Gasteiger partial charge in [0.15, 0.2) is 0 Å². The standard InChI is InChI=1S/C16H26N2O2/c1-3-18-8-7-13(12-18)10-17-11-16(19)14-5-4-6-15(9-14)20-2/h4-6,9,13,16-17,19H,3,7-8,10-12H2,1-2H3. The van der Waals surface area contributed by atoms with Gasteiger partial charge in [-0.25, -0.2) is 0 Å². The predicted molar refractivity (Wildman–Crippen MR) is 81.0 cm³/mol. The summed E-state index contributed by atoms with van der Waals surface area (Å²) in [5, 5.41) is 13.6. The molecule has 1 heterocycles. The molecule has 0 bridgehead atoms. The quantitative estimate of drug-likeness (QED) is 0.796. The summed E-state index contributed by atoms with van der Waals surface area (Å²) in [6.07, 6.45) is 0.782. The molecule has 2 rings (SSSR count). The largest absolute Gasteiger partial charge is 0.497 e. The molecule has 2 N–H and O–H groups in total. The third-order valence-corrected chi connectivity index (χ3v) is 4.07. The van der Waals surface area contributed by atoms with Crippen LogP contribution in [0.2, 0.25) is 0 Å². The zero-order chi connectivity index (χ0) is 14.4. The van der Waals surface area contributed by atoms with Crippen LogP contribution in [0.15, 0.2) is 24.3 Å². The Bertz CT molecular complexity index is 411. The summed E-state index contributed by atoms with van der Waals surface area (Å²) >= 11 is 0. The maximum Gasteiger partial charge on any atom is 0.119 e. The van der Waals surface area contributed by atoms with Crippen LogP contribution in [0.1, 0.15) is 25.0 Å². The van der Waals surface area contributed by atoms with E-state index in [9.17, 15) is 5.11 Å². The van der Waals surface area contributed by atoms with Crippen LogP contribution in [-0.4, -0.2) is 49.8 Å². The molecule has 1 aromatic rings. The zero-order valence-electron chi connectivity index (χ0n) is 12.5. The summed E-state index contributed by atoms with van der Waals surface area (Å²) < 4.78 is 5.18. The first-order valence-corrected chi connectivity index (χ1v) is 7.48. The number of aliphatic hydroxyl groups is 1. The van der Waals surface area contributed by atoms with Crippen molar-refractivity contribution in [3.63, 3.8) is 0 Å². The smallest absolute Gasteiger partial charge is 0.119 e. The van der Waals surface area contributed by atoms with Gasteiger partial charge in [-0.1, -0.05) is 19.1 Å². The van der Waals surface area contributed by atoms with Crippen molar-refractivity contribution in [1.29, 1.82) is 0 Å². The van der Waals surface area contributed by atoms with Gasteiger partial charge in [0.05, 0.1) is 13.2 Å². The van der Waals surface area contributed by atoms with E-state index in [-0.39, 0.29) is 0 Å². The molecule has 2 atom stereocenters. The van der Waals surface area contributed by atoms with Gasteiger partial charge in [0, 0.05) is 13.1 Å². The summed E-state index contributed by atoms with van der Waals surface area (Å²) in [5.41, 5.74) is 0.901. The molecule has 1 aromatic carbocycles. The number of aliphatic hydroxyl groups excluding tert-OH is 1. The number of nitrogens with one attached hydrogen (secondary N) is 1. The van der Waals surface area contributed by atoms with Gasteiger partial charge in [-0.2, -0.15) is 0 Å². The van der Waals surface area contributed by atoms with Crippen molar-refractivity contribution in [2.24, 2.45) is 5.92 Å². The second kappa shape index (κ2) is 7.62. The fraction of sp³-hybridized carbons (Fsp3) is 0.625. The van der Waals surface area contributed by atoms with Gasteiger partial charge in [-0.05, 0) is 49.7 Å². The minimum absolute atomic E-state index is 0.478. The van der Waals surface area contributed by atoms with Crippen LogP contribution in [0.4, 0.5) is 0 Å². The molecule has 0 spiro atoms. The Balaban J connectivity index is 1.73. The lowest BCUT2D eigenvalue weighted by Crippen LogP contribution is -2.29. The molecule has 1 aliphatic heterocycles. The van der Waals surface area contributed by atoms with Crippen LogP contribution in [0.3, 0.4) is 0 Å². The second-order valence-electron chi connectivity index (χ2n) is 5.50. The van der Waals surface area contributed by atoms with Crippen LogP contribution in [0.25, 0.3) is 0 Å². The van der Waals surface area contributed by atoms with Gasteiger partial charge >= 0.3 is 0 Å². The third-order valence-electron chi connectivity index (χ3n) is 4.07. The highest BCUT2D eigenvalue weighted by Gasteiger charge is 2.20. The minimum atomic E-state index is -0.478. The number of nitrogens with zero attached hydrogens (tertiary/aromatic N) is 1. The van der Waals surface area contributed by atoms with E-state index >= 15 is 0 Å². The number of rotatable bonds is 7. The van der Waals surface area contributed by atoms with Crippen LogP contribution in [0, 0.1) is 5.92 Å². The molecule has 1 fully saturated rings. The summed E-state index contributed by atoms with van der Waals surface area (Å²) in [4.78, 5) is 2.48. The fourth-order valence-electron chi connectivity index (χ4n) is 2.76.